The maximum atomic E-state index is 7.34. The van der Waals surface area contributed by atoms with E-state index >= 15 is 0 Å². The Kier molecular flexibility index (Phi) is 2.88. The predicted octanol–water partition coefficient (Wildman–Crippen LogP) is -0.550. The van der Waals surface area contributed by atoms with Crippen molar-refractivity contribution in [1.82, 2.24) is 35.5 Å². The summed E-state index contributed by atoms with van der Waals surface area (Å²) >= 11 is 0. The molecule has 3 N–H and O–H groups in total. The molecule has 0 aliphatic carbocycles. The third-order valence-electron chi connectivity index (χ3n) is 2.48. The highest BCUT2D eigenvalue weighted by Crippen LogP contribution is 2.11. The van der Waals surface area contributed by atoms with Crippen molar-refractivity contribution in [2.75, 3.05) is 0 Å². The lowest BCUT2D eigenvalue weighted by molar-refractivity contribution is 0.301. The summed E-state index contributed by atoms with van der Waals surface area (Å²) in [6, 6.07) is 3.61. The summed E-state index contributed by atoms with van der Waals surface area (Å²) in [6.07, 6.45) is 3.30. The summed E-state index contributed by atoms with van der Waals surface area (Å²) in [5, 5.41) is 26.6. The third kappa shape index (κ3) is 2.21. The number of rotatable bonds is 4. The van der Waals surface area contributed by atoms with E-state index in [-0.39, 0.29) is 18.1 Å². The maximum absolute atomic E-state index is 7.34. The van der Waals surface area contributed by atoms with Crippen LogP contribution in [0.4, 0.5) is 0 Å². The first-order valence-electron chi connectivity index (χ1n) is 5.58. The largest absolute Gasteiger partial charge is 0.382 e. The van der Waals surface area contributed by atoms with Gasteiger partial charge in [-0.3, -0.25) is 10.4 Å². The van der Waals surface area contributed by atoms with E-state index in [1.165, 1.54) is 4.80 Å². The van der Waals surface area contributed by atoms with Crippen LogP contribution in [0.25, 0.3) is 11.4 Å². The highest BCUT2D eigenvalue weighted by molar-refractivity contribution is 5.93. The summed E-state index contributed by atoms with van der Waals surface area (Å²) in [5.41, 5.74) is 6.65. The number of amidine groups is 1. The van der Waals surface area contributed by atoms with Gasteiger partial charge in [-0.15, -0.1) is 10.2 Å². The zero-order valence-corrected chi connectivity index (χ0v) is 10.1. The highest BCUT2D eigenvalue weighted by atomic mass is 16.6. The van der Waals surface area contributed by atoms with Crippen molar-refractivity contribution in [2.45, 2.75) is 6.54 Å². The average molecular weight is 271 g/mol. The molecule has 0 amide bonds. The minimum atomic E-state index is -0.228. The summed E-state index contributed by atoms with van der Waals surface area (Å²) in [6.45, 7) is 0.158. The van der Waals surface area contributed by atoms with Crippen LogP contribution in [0, 0.1) is 5.41 Å². The Morgan fingerprint density at radius 3 is 3.05 bits per heavy atom. The van der Waals surface area contributed by atoms with Crippen LogP contribution in [0.1, 0.15) is 11.4 Å². The molecule has 3 heterocycles. The Morgan fingerprint density at radius 1 is 1.40 bits per heavy atom. The lowest BCUT2D eigenvalue weighted by atomic mass is 10.3. The smallest absolute Gasteiger partial charge is 0.206 e. The molecule has 0 saturated carbocycles. The molecule has 20 heavy (non-hydrogen) atoms. The zero-order valence-electron chi connectivity index (χ0n) is 10.1. The van der Waals surface area contributed by atoms with Crippen LogP contribution in [0.2, 0.25) is 0 Å². The molecule has 0 aliphatic rings. The third-order valence-corrected chi connectivity index (χ3v) is 2.48. The van der Waals surface area contributed by atoms with Crippen molar-refractivity contribution in [1.29, 1.82) is 5.41 Å². The van der Waals surface area contributed by atoms with Gasteiger partial charge in [0.05, 0.1) is 0 Å². The molecule has 3 rings (SSSR count). The van der Waals surface area contributed by atoms with Gasteiger partial charge in [-0.2, -0.15) is 4.80 Å². The second kappa shape index (κ2) is 4.84. The van der Waals surface area contributed by atoms with E-state index in [1.807, 2.05) is 6.07 Å². The molecule has 10 nitrogen and oxygen atoms in total. The molecule has 3 aromatic rings. The molecule has 0 saturated heterocycles. The van der Waals surface area contributed by atoms with Crippen molar-refractivity contribution >= 4 is 5.84 Å². The van der Waals surface area contributed by atoms with Gasteiger partial charge in [0.2, 0.25) is 5.82 Å². The van der Waals surface area contributed by atoms with E-state index in [2.05, 4.69) is 35.3 Å². The summed E-state index contributed by atoms with van der Waals surface area (Å²) in [4.78, 5) is 5.30. The molecule has 0 radical (unpaired) electrons. The minimum absolute atomic E-state index is 0.158. The quantitative estimate of drug-likeness (QED) is 0.474. The highest BCUT2D eigenvalue weighted by Gasteiger charge is 2.15. The van der Waals surface area contributed by atoms with E-state index in [1.54, 1.807) is 18.5 Å². The number of hydrogen-bond donors (Lipinski definition) is 2. The molecule has 0 atom stereocenters. The molecule has 3 aromatic heterocycles. The second-order valence-corrected chi connectivity index (χ2v) is 3.86. The van der Waals surface area contributed by atoms with Crippen LogP contribution in [0.15, 0.2) is 29.2 Å². The number of pyridine rings is 1. The first-order valence-corrected chi connectivity index (χ1v) is 5.58. The monoisotopic (exact) mass is 271 g/mol. The normalized spacial score (nSPS) is 10.6. The molecule has 0 spiro atoms. The average Bonchev–Trinajstić information content (AvgIpc) is 3.09. The van der Waals surface area contributed by atoms with Gasteiger partial charge in [0, 0.05) is 18.0 Å². The van der Waals surface area contributed by atoms with Gasteiger partial charge in [-0.05, 0) is 22.5 Å². The van der Waals surface area contributed by atoms with E-state index in [4.69, 9.17) is 11.1 Å². The minimum Gasteiger partial charge on any atom is -0.382 e. The number of hydrogen-bond acceptors (Lipinski definition) is 8. The van der Waals surface area contributed by atoms with Gasteiger partial charge in [0.25, 0.3) is 0 Å². The van der Waals surface area contributed by atoms with Gasteiger partial charge < -0.3 is 5.73 Å². The Hall–Kier alpha value is -3.17. The van der Waals surface area contributed by atoms with Gasteiger partial charge in [-0.1, -0.05) is 5.16 Å². The molecular weight excluding hydrogens is 262 g/mol. The SMILES string of the molecule is N=C(N)c1nonc1Cn1nnc(-c2cccnc2)n1. The number of nitrogens with one attached hydrogen (secondary N) is 1. The summed E-state index contributed by atoms with van der Waals surface area (Å²) in [7, 11) is 0. The Morgan fingerprint density at radius 2 is 2.30 bits per heavy atom. The van der Waals surface area contributed by atoms with Gasteiger partial charge in [0.15, 0.2) is 5.69 Å². The molecular formula is C10H9N9O. The van der Waals surface area contributed by atoms with E-state index in [0.717, 1.165) is 5.56 Å². The first-order chi connectivity index (χ1) is 9.74. The zero-order chi connectivity index (χ0) is 13.9. The Bertz CT molecular complexity index is 732. The molecule has 10 heteroatoms. The lowest BCUT2D eigenvalue weighted by Crippen LogP contribution is -2.16. The van der Waals surface area contributed by atoms with Crippen LogP contribution in [0.5, 0.6) is 0 Å². The van der Waals surface area contributed by atoms with Crippen LogP contribution in [-0.2, 0) is 6.54 Å². The topological polar surface area (TPSA) is 145 Å². The van der Waals surface area contributed by atoms with Crippen molar-refractivity contribution < 1.29 is 4.63 Å². The number of nitrogen functional groups attached to an aromatic ring is 1. The van der Waals surface area contributed by atoms with Crippen LogP contribution < -0.4 is 5.73 Å². The van der Waals surface area contributed by atoms with Gasteiger partial charge in [-0.25, -0.2) is 4.63 Å². The van der Waals surface area contributed by atoms with Gasteiger partial charge >= 0.3 is 0 Å². The lowest BCUT2D eigenvalue weighted by Gasteiger charge is -1.95. The van der Waals surface area contributed by atoms with Crippen molar-refractivity contribution in [3.05, 3.63) is 35.9 Å². The van der Waals surface area contributed by atoms with Gasteiger partial charge in [0.1, 0.15) is 18.1 Å². The molecule has 0 unspecified atom stereocenters. The number of aromatic nitrogens is 7. The van der Waals surface area contributed by atoms with Crippen molar-refractivity contribution in [2.24, 2.45) is 5.73 Å². The van der Waals surface area contributed by atoms with E-state index in [0.29, 0.717) is 11.5 Å². The fraction of sp³-hybridized carbons (Fsp3) is 0.100. The van der Waals surface area contributed by atoms with Crippen LogP contribution in [-0.4, -0.2) is 41.3 Å². The summed E-state index contributed by atoms with van der Waals surface area (Å²) in [5.74, 6) is 0.216. The molecule has 100 valence electrons. The van der Waals surface area contributed by atoms with Crippen LogP contribution in [0.3, 0.4) is 0 Å². The Balaban J connectivity index is 1.84. The Labute approximate surface area is 112 Å². The van der Waals surface area contributed by atoms with E-state index < -0.39 is 0 Å². The molecule has 0 fully saturated rings. The van der Waals surface area contributed by atoms with Crippen molar-refractivity contribution in [3.8, 4) is 11.4 Å². The fourth-order valence-corrected chi connectivity index (χ4v) is 1.57. The maximum Gasteiger partial charge on any atom is 0.206 e. The van der Waals surface area contributed by atoms with E-state index in [9.17, 15) is 0 Å². The second-order valence-electron chi connectivity index (χ2n) is 3.86. The molecule has 0 aliphatic heterocycles. The predicted molar refractivity (Wildman–Crippen MR) is 65.5 cm³/mol. The fourth-order valence-electron chi connectivity index (χ4n) is 1.57. The standard InChI is InChI=1S/C10H9N9O/c11-9(12)8-7(16-20-17-8)5-19-15-10(14-18-19)6-2-1-3-13-4-6/h1-4H,5H2,(H3,11,12). The van der Waals surface area contributed by atoms with Crippen LogP contribution >= 0.6 is 0 Å². The number of nitrogens with two attached hydrogens (primary N) is 1. The number of nitrogens with zero attached hydrogens (tertiary/aromatic N) is 7. The molecule has 0 aromatic carbocycles. The first kappa shape index (κ1) is 11.9. The van der Waals surface area contributed by atoms with Crippen molar-refractivity contribution in [3.63, 3.8) is 0 Å². The molecule has 0 bridgehead atoms. The number of tetrazole rings is 1. The summed E-state index contributed by atoms with van der Waals surface area (Å²) < 4.78 is 4.55.